The van der Waals surface area contributed by atoms with E-state index in [2.05, 4.69) is 28.4 Å². The highest BCUT2D eigenvalue weighted by atomic mass is 35.5. The minimum absolute atomic E-state index is 0.121. The van der Waals surface area contributed by atoms with Gasteiger partial charge in [0.05, 0.1) is 6.10 Å². The van der Waals surface area contributed by atoms with Gasteiger partial charge in [0.15, 0.2) is 0 Å². The van der Waals surface area contributed by atoms with Crippen LogP contribution < -0.4 is 10.1 Å². The van der Waals surface area contributed by atoms with Crippen LogP contribution in [0.15, 0.2) is 48.5 Å². The fourth-order valence-corrected chi connectivity index (χ4v) is 4.11. The van der Waals surface area contributed by atoms with Crippen molar-refractivity contribution in [1.29, 1.82) is 0 Å². The van der Waals surface area contributed by atoms with Crippen molar-refractivity contribution in [1.82, 2.24) is 10.2 Å². The molecule has 2 aromatic carbocycles. The third kappa shape index (κ3) is 7.03. The number of halogens is 1. The van der Waals surface area contributed by atoms with Gasteiger partial charge in [-0.1, -0.05) is 41.9 Å². The average molecular weight is 429 g/mol. The third-order valence-electron chi connectivity index (χ3n) is 5.52. The second kappa shape index (κ2) is 11.4. The normalized spacial score (nSPS) is 15.3. The molecule has 1 aliphatic rings. The number of hydrogen-bond acceptors (Lipinski definition) is 3. The van der Waals surface area contributed by atoms with Crippen LogP contribution in [-0.4, -0.2) is 36.5 Å². The van der Waals surface area contributed by atoms with E-state index >= 15 is 0 Å². The lowest BCUT2D eigenvalue weighted by Crippen LogP contribution is -2.40. The zero-order valence-electron chi connectivity index (χ0n) is 18.1. The summed E-state index contributed by atoms with van der Waals surface area (Å²) in [6.45, 7) is 7.51. The van der Waals surface area contributed by atoms with Crippen LogP contribution >= 0.6 is 11.6 Å². The Balaban J connectivity index is 1.35. The average Bonchev–Trinajstić information content (AvgIpc) is 2.73. The van der Waals surface area contributed by atoms with Gasteiger partial charge in [0.2, 0.25) is 5.91 Å². The lowest BCUT2D eigenvalue weighted by Gasteiger charge is -2.31. The van der Waals surface area contributed by atoms with E-state index in [1.165, 1.54) is 5.56 Å². The molecule has 1 heterocycles. The van der Waals surface area contributed by atoms with E-state index in [1.54, 1.807) is 0 Å². The minimum Gasteiger partial charge on any atom is -0.491 e. The summed E-state index contributed by atoms with van der Waals surface area (Å²) in [5, 5.41) is 3.95. The van der Waals surface area contributed by atoms with Gasteiger partial charge in [-0.05, 0) is 81.9 Å². The SMILES string of the molecule is CC(C)Oc1cccc(CCCNC(=O)C2CCN(Cc3ccccc3Cl)CC2)c1. The number of nitrogens with zero attached hydrogens (tertiary/aromatic N) is 1. The largest absolute Gasteiger partial charge is 0.491 e. The number of benzene rings is 2. The van der Waals surface area contributed by atoms with Gasteiger partial charge in [0.1, 0.15) is 5.75 Å². The summed E-state index contributed by atoms with van der Waals surface area (Å²) in [5.74, 6) is 1.23. The standard InChI is InChI=1S/C25H33ClN2O2/c1-19(2)30-23-10-5-7-20(17-23)8-6-14-27-25(29)21-12-15-28(16-13-21)18-22-9-3-4-11-24(22)26/h3-5,7,9-11,17,19,21H,6,8,12-16,18H2,1-2H3,(H,27,29). The first-order chi connectivity index (χ1) is 14.5. The zero-order valence-corrected chi connectivity index (χ0v) is 18.8. The van der Waals surface area contributed by atoms with Crippen molar-refractivity contribution in [3.63, 3.8) is 0 Å². The molecule has 1 saturated heterocycles. The summed E-state index contributed by atoms with van der Waals surface area (Å²) in [4.78, 5) is 14.9. The zero-order chi connectivity index (χ0) is 21.3. The highest BCUT2D eigenvalue weighted by molar-refractivity contribution is 6.31. The number of ether oxygens (including phenoxy) is 1. The Kier molecular flexibility index (Phi) is 8.59. The van der Waals surface area contributed by atoms with Crippen LogP contribution in [0.25, 0.3) is 0 Å². The molecule has 0 saturated carbocycles. The number of carbonyl (C=O) groups excluding carboxylic acids is 1. The lowest BCUT2D eigenvalue weighted by atomic mass is 9.95. The Bertz CT molecular complexity index is 816. The van der Waals surface area contributed by atoms with Crippen LogP contribution in [0.2, 0.25) is 5.02 Å². The molecule has 30 heavy (non-hydrogen) atoms. The maximum absolute atomic E-state index is 12.5. The van der Waals surface area contributed by atoms with Gasteiger partial charge < -0.3 is 10.1 Å². The van der Waals surface area contributed by atoms with Crippen LogP contribution in [0, 0.1) is 5.92 Å². The molecule has 1 N–H and O–H groups in total. The highest BCUT2D eigenvalue weighted by Gasteiger charge is 2.24. The lowest BCUT2D eigenvalue weighted by molar-refractivity contribution is -0.126. The Morgan fingerprint density at radius 3 is 2.67 bits per heavy atom. The molecule has 3 rings (SSSR count). The molecule has 5 heteroatoms. The molecule has 0 unspecified atom stereocenters. The van der Waals surface area contributed by atoms with Crippen LogP contribution in [0.4, 0.5) is 0 Å². The third-order valence-corrected chi connectivity index (χ3v) is 5.89. The number of piperidine rings is 1. The van der Waals surface area contributed by atoms with Gasteiger partial charge in [-0.3, -0.25) is 9.69 Å². The van der Waals surface area contributed by atoms with Gasteiger partial charge in [-0.25, -0.2) is 0 Å². The number of aryl methyl sites for hydroxylation is 1. The minimum atomic E-state index is 0.121. The molecule has 0 bridgehead atoms. The summed E-state index contributed by atoms with van der Waals surface area (Å²) < 4.78 is 5.75. The second-order valence-electron chi connectivity index (χ2n) is 8.35. The van der Waals surface area contributed by atoms with Crippen molar-refractivity contribution in [2.75, 3.05) is 19.6 Å². The van der Waals surface area contributed by atoms with Crippen molar-refractivity contribution in [3.8, 4) is 5.75 Å². The molecule has 1 aliphatic heterocycles. The summed E-state index contributed by atoms with van der Waals surface area (Å²) in [5.41, 5.74) is 2.40. The summed E-state index contributed by atoms with van der Waals surface area (Å²) in [7, 11) is 0. The van der Waals surface area contributed by atoms with E-state index in [1.807, 2.05) is 44.2 Å². The number of amides is 1. The molecule has 0 aromatic heterocycles. The molecule has 2 aromatic rings. The van der Waals surface area contributed by atoms with E-state index in [-0.39, 0.29) is 17.9 Å². The van der Waals surface area contributed by atoms with Crippen molar-refractivity contribution < 1.29 is 9.53 Å². The fraction of sp³-hybridized carbons (Fsp3) is 0.480. The van der Waals surface area contributed by atoms with Crippen molar-refractivity contribution in [2.24, 2.45) is 5.92 Å². The van der Waals surface area contributed by atoms with E-state index in [9.17, 15) is 4.79 Å². The van der Waals surface area contributed by atoms with E-state index in [4.69, 9.17) is 16.3 Å². The first-order valence-electron chi connectivity index (χ1n) is 11.0. The molecular weight excluding hydrogens is 396 g/mol. The molecule has 1 fully saturated rings. The fourth-order valence-electron chi connectivity index (χ4n) is 3.92. The van der Waals surface area contributed by atoms with Gasteiger partial charge in [0.25, 0.3) is 0 Å². The van der Waals surface area contributed by atoms with Gasteiger partial charge in [0, 0.05) is 24.0 Å². The maximum Gasteiger partial charge on any atom is 0.223 e. The summed E-state index contributed by atoms with van der Waals surface area (Å²) in [6, 6.07) is 16.2. The Hall–Kier alpha value is -2.04. The number of rotatable bonds is 9. The quantitative estimate of drug-likeness (QED) is 0.565. The summed E-state index contributed by atoms with van der Waals surface area (Å²) >= 11 is 6.27. The molecule has 0 atom stereocenters. The van der Waals surface area contributed by atoms with Crippen molar-refractivity contribution in [2.45, 2.75) is 52.2 Å². The van der Waals surface area contributed by atoms with Crippen molar-refractivity contribution >= 4 is 17.5 Å². The molecule has 1 amide bonds. The Morgan fingerprint density at radius 2 is 1.93 bits per heavy atom. The first kappa shape index (κ1) is 22.6. The van der Waals surface area contributed by atoms with E-state index in [0.717, 1.165) is 61.7 Å². The Labute approximate surface area is 185 Å². The van der Waals surface area contributed by atoms with Gasteiger partial charge in [-0.15, -0.1) is 0 Å². The maximum atomic E-state index is 12.5. The number of carbonyl (C=O) groups is 1. The smallest absolute Gasteiger partial charge is 0.223 e. The van der Waals surface area contributed by atoms with Crippen LogP contribution in [0.1, 0.15) is 44.2 Å². The van der Waals surface area contributed by atoms with Gasteiger partial charge >= 0.3 is 0 Å². The van der Waals surface area contributed by atoms with Gasteiger partial charge in [-0.2, -0.15) is 0 Å². The van der Waals surface area contributed by atoms with E-state index in [0.29, 0.717) is 6.54 Å². The number of likely N-dealkylation sites (tertiary alicyclic amines) is 1. The van der Waals surface area contributed by atoms with Crippen LogP contribution in [0.3, 0.4) is 0 Å². The molecule has 0 radical (unpaired) electrons. The Morgan fingerprint density at radius 1 is 1.17 bits per heavy atom. The molecule has 0 spiro atoms. The van der Waals surface area contributed by atoms with Crippen molar-refractivity contribution in [3.05, 3.63) is 64.7 Å². The molecule has 4 nitrogen and oxygen atoms in total. The monoisotopic (exact) mass is 428 g/mol. The van der Waals surface area contributed by atoms with Crippen LogP contribution in [0.5, 0.6) is 5.75 Å². The molecular formula is C25H33ClN2O2. The number of nitrogens with one attached hydrogen (secondary N) is 1. The molecule has 162 valence electrons. The van der Waals surface area contributed by atoms with E-state index < -0.39 is 0 Å². The molecule has 0 aliphatic carbocycles. The topological polar surface area (TPSA) is 41.6 Å². The highest BCUT2D eigenvalue weighted by Crippen LogP contribution is 2.22. The predicted octanol–water partition coefficient (Wildman–Crippen LogP) is 5.09. The second-order valence-corrected chi connectivity index (χ2v) is 8.76. The predicted molar refractivity (Wildman–Crippen MR) is 123 cm³/mol. The van der Waals surface area contributed by atoms with Crippen LogP contribution in [-0.2, 0) is 17.8 Å². The first-order valence-corrected chi connectivity index (χ1v) is 11.4. The number of hydrogen-bond donors (Lipinski definition) is 1. The summed E-state index contributed by atoms with van der Waals surface area (Å²) in [6.07, 6.45) is 3.86.